The molecule has 0 saturated carbocycles. The number of aromatic nitrogens is 8. The summed E-state index contributed by atoms with van der Waals surface area (Å²) in [5.41, 5.74) is 27.8. The minimum absolute atomic E-state index is 0. The van der Waals surface area contributed by atoms with Crippen LogP contribution >= 0.6 is 0 Å². The molecule has 0 spiro atoms. The Kier molecular flexibility index (Phi) is 32.9. The average molecular weight is 3320 g/mol. The van der Waals surface area contributed by atoms with Gasteiger partial charge in [0.15, 0.2) is 0 Å². The Bertz CT molecular complexity index is 7730. The second-order valence-electron chi connectivity index (χ2n) is 33.3. The molecule has 0 atom stereocenters. The van der Waals surface area contributed by atoms with Gasteiger partial charge < -0.3 is 0 Å². The number of ether oxygens (including phenoxy) is 4. The standard InChI is InChI=1S/3C24H15NO.C23H13NO.C7H8N.3C6H6N.4Bi.4Pt/c1-18-7-5-12-24(25-18)26-23-11-6-10-22(17-23)21-15-13-20(14-16-21)19-8-3-2-4-9-19;1-18-10-15-24(25-17-18)26-23-9-5-8-22(16-23)21-13-11-20(12-14-21)19-6-3-2-4-7-19;1-18-14-15-25-24(16-18)26-23-9-5-8-22(17-23)21-12-10-20(11-13-21)19-6-3-2-4-7-19;1-2-7-18(8-3-1)19-12-14-20(15-13-19)21-9-6-10-22(17-21)25-23-11-4-5-16-24-23;1-6-4-3-5-8-7(6)2;3*1-6-2-4-7-5-3-6;;;;;;;;/h2-8,10-13,15H,1H3;2-6,8-11,13,15,17H,1H3;2-6,8-10,12,14-16H,1H3;1-7,9-12,14,16H;3-4H,1-2H3;3*2-4H,1H3;;;;;;;;/q4*-2;;;;;;;;;4*+2. The summed E-state index contributed by atoms with van der Waals surface area (Å²) < 4.78 is 40.2. The van der Waals surface area contributed by atoms with E-state index >= 15 is 0 Å². The number of fused-ring (bicyclic) bond motifs is 12. The quantitative estimate of drug-likeness (QED) is 0.0672. The first-order valence-corrected chi connectivity index (χ1v) is 65.6. The fourth-order valence-corrected chi connectivity index (χ4v) is 56.8. The summed E-state index contributed by atoms with van der Waals surface area (Å²) in [6.07, 6.45) is 11.1. The number of benzene rings is 12. The van der Waals surface area contributed by atoms with Crippen molar-refractivity contribution in [2.75, 3.05) is 0 Å². The molecule has 0 fully saturated rings. The largest absolute Gasteiger partial charge is 2.00 e. The number of aryl methyl sites for hydroxylation is 8. The third kappa shape index (κ3) is 22.2. The molecular weight excluding hydrogens is 3230 g/mol. The molecule has 0 saturated heterocycles. The molecule has 0 unspecified atom stereocenters. The molecule has 20 aromatic rings. The minimum Gasteiger partial charge on any atom is 2.00 e. The van der Waals surface area contributed by atoms with Crippen LogP contribution in [-0.2, 0) is 84.3 Å². The maximum Gasteiger partial charge on any atom is 2.00 e. The van der Waals surface area contributed by atoms with Crippen LogP contribution in [0.4, 0.5) is 0 Å². The Balaban J connectivity index is 0.000000128. The van der Waals surface area contributed by atoms with Crippen molar-refractivity contribution in [3.63, 3.8) is 0 Å². The Morgan fingerprint density at radius 3 is 0.900 bits per heavy atom. The topological polar surface area (TPSA) is 140 Å². The predicted octanol–water partition coefficient (Wildman–Crippen LogP) is 18.6. The van der Waals surface area contributed by atoms with Gasteiger partial charge in [0.2, 0.25) is 0 Å². The van der Waals surface area contributed by atoms with Crippen molar-refractivity contribution in [2.45, 2.75) is 55.4 Å². The molecule has 0 N–H and O–H groups in total. The number of rotatable bonds is 16. The van der Waals surface area contributed by atoms with Crippen molar-refractivity contribution in [1.82, 2.24) is 39.9 Å². The van der Waals surface area contributed by atoms with E-state index in [2.05, 4.69) is 321 Å². The van der Waals surface area contributed by atoms with E-state index in [0.29, 0.717) is 46.5 Å². The summed E-state index contributed by atoms with van der Waals surface area (Å²) >= 11 is -10.2. The monoisotopic (exact) mass is 3320 g/mol. The van der Waals surface area contributed by atoms with Crippen LogP contribution in [0.2, 0.25) is 0 Å². The van der Waals surface area contributed by atoms with E-state index < -0.39 is 87.0 Å². The van der Waals surface area contributed by atoms with E-state index in [1.54, 1.807) is 18.6 Å². The van der Waals surface area contributed by atoms with Crippen LogP contribution in [0.1, 0.15) is 44.8 Å². The molecule has 20 heteroatoms. The van der Waals surface area contributed by atoms with Crippen LogP contribution in [0, 0.1) is 104 Å². The van der Waals surface area contributed by atoms with Crippen LogP contribution in [0.25, 0.3) is 89.0 Å². The molecule has 0 amide bonds. The van der Waals surface area contributed by atoms with Crippen LogP contribution in [0.5, 0.6) is 46.5 Å². The van der Waals surface area contributed by atoms with Crippen LogP contribution < -0.4 is 58.7 Å². The zero-order valence-electron chi connectivity index (χ0n) is 76.9. The van der Waals surface area contributed by atoms with Gasteiger partial charge in [-0.1, -0.05) is 0 Å². The van der Waals surface area contributed by atoms with E-state index in [0.717, 1.165) is 67.0 Å². The van der Waals surface area contributed by atoms with E-state index in [9.17, 15) is 0 Å². The summed E-state index contributed by atoms with van der Waals surface area (Å²) in [6, 6.07) is 142. The van der Waals surface area contributed by atoms with Gasteiger partial charge in [-0.15, -0.1) is 0 Å². The molecule has 8 aromatic heterocycles. The number of pyridine rings is 8. The van der Waals surface area contributed by atoms with Crippen molar-refractivity contribution in [2.24, 2.45) is 0 Å². The molecule has 4 aliphatic heterocycles. The summed E-state index contributed by atoms with van der Waals surface area (Å²) in [7, 11) is 0. The van der Waals surface area contributed by atoms with Crippen molar-refractivity contribution in [3.05, 3.63) is 458 Å². The van der Waals surface area contributed by atoms with Gasteiger partial charge in [0.05, 0.1) is 0 Å². The molecule has 688 valence electrons. The Labute approximate surface area is 907 Å². The average Bonchev–Trinajstić information content (AvgIpc) is 1.59. The van der Waals surface area contributed by atoms with Crippen LogP contribution in [0.3, 0.4) is 0 Å². The number of nitrogens with zero attached hydrogens (tertiary/aromatic N) is 8. The molecular formula is C120H84Bi4N8O4Pt4. The molecule has 0 aliphatic carbocycles. The Morgan fingerprint density at radius 2 is 0.543 bits per heavy atom. The molecule has 12 nitrogen and oxygen atoms in total. The van der Waals surface area contributed by atoms with Gasteiger partial charge in [-0.3, -0.25) is 0 Å². The summed E-state index contributed by atoms with van der Waals surface area (Å²) in [5.74, 6) is 4.84. The molecule has 4 aliphatic rings. The van der Waals surface area contributed by atoms with Gasteiger partial charge in [0.1, 0.15) is 0 Å². The second kappa shape index (κ2) is 45.7. The van der Waals surface area contributed by atoms with Gasteiger partial charge in [-0.05, 0) is 0 Å². The van der Waals surface area contributed by atoms with E-state index in [1.165, 1.54) is 107 Å². The molecule has 24 rings (SSSR count). The van der Waals surface area contributed by atoms with E-state index in [1.807, 2.05) is 149 Å². The first-order valence-electron chi connectivity index (χ1n) is 44.7. The number of hydrogen-bond acceptors (Lipinski definition) is 12. The van der Waals surface area contributed by atoms with Gasteiger partial charge in [0.25, 0.3) is 0 Å². The summed E-state index contributed by atoms with van der Waals surface area (Å²) in [6.45, 7) is 16.6. The fourth-order valence-electron chi connectivity index (χ4n) is 17.0. The van der Waals surface area contributed by atoms with Gasteiger partial charge in [0, 0.05) is 0 Å². The maximum absolute atomic E-state index is 5.99. The van der Waals surface area contributed by atoms with Crippen molar-refractivity contribution < 1.29 is 103 Å². The van der Waals surface area contributed by atoms with Gasteiger partial charge in [-0.2, -0.15) is 0 Å². The first-order chi connectivity index (χ1) is 66.6. The molecule has 0 bridgehead atoms. The molecule has 140 heavy (non-hydrogen) atoms. The number of hydrogen-bond donors (Lipinski definition) is 0. The normalized spacial score (nSPS) is 11.9. The van der Waals surface area contributed by atoms with Gasteiger partial charge in [-0.25, -0.2) is 0 Å². The smallest absolute Gasteiger partial charge is 2.00 e. The third-order valence-electron chi connectivity index (χ3n) is 23.7. The van der Waals surface area contributed by atoms with Crippen molar-refractivity contribution in [1.29, 1.82) is 0 Å². The van der Waals surface area contributed by atoms with Crippen LogP contribution in [-0.4, -0.2) is 127 Å². The Hall–Kier alpha value is -10.7. The predicted molar refractivity (Wildman–Crippen MR) is 551 cm³/mol. The van der Waals surface area contributed by atoms with Crippen LogP contribution in [0.15, 0.2) is 365 Å². The zero-order chi connectivity index (χ0) is 92.3. The zero-order valence-corrected chi connectivity index (χ0v) is 99.9. The fraction of sp³-hybridized carbons (Fsp3) is 0.0667. The summed E-state index contributed by atoms with van der Waals surface area (Å²) in [4.78, 5) is 36.9. The van der Waals surface area contributed by atoms with Gasteiger partial charge >= 0.3 is 919 Å². The Morgan fingerprint density at radius 1 is 0.214 bits per heavy atom. The minimum atomic E-state index is -2.56. The summed E-state index contributed by atoms with van der Waals surface area (Å²) in [5, 5.41) is 0. The van der Waals surface area contributed by atoms with E-state index in [-0.39, 0.29) is 84.3 Å². The molecule has 0 radical (unpaired) electrons. The van der Waals surface area contributed by atoms with E-state index in [4.69, 9.17) is 38.9 Å². The molecule has 12 heterocycles. The SMILES string of the molecule is Cc1cc[c]([Bi]2[c]3[c-]c(-c4[c-]c(Oc5ccccn5)ccc4)ccc3-c3cccc[c]32)nc1C.Cc1ccc(Oc2[c-]c(-c3[c-][c]4c(cc3)-c3cccc[c]3[Bi]4[c]3cc(C)ccn3)ccc2)nc1.Cc1ccn[c]([Bi]2[c]3[c-]c(-c4[c-]c(Oc5cccc(C)n5)ccc4)ccc3-c3cccc[c]32)c1.Cc1ccnc(Oc2[c-]c(-c3[c-][c]4c(cc3)-c3cccc[c]3[Bi]4[c]3cc(C)ccn3)ccc2)c1.[Pt+2].[Pt+2].[Pt+2].[Pt+2]. The molecule has 12 aromatic carbocycles. The second-order valence-corrected chi connectivity index (χ2v) is 65.3. The third-order valence-corrected chi connectivity index (χ3v) is 60.6. The van der Waals surface area contributed by atoms with Crippen molar-refractivity contribution >= 4 is 127 Å². The van der Waals surface area contributed by atoms with Crippen molar-refractivity contribution in [3.8, 4) is 136 Å². The maximum atomic E-state index is 5.99. The first kappa shape index (κ1) is 101.